The molecule has 1 rings (SSSR count). The van der Waals surface area contributed by atoms with E-state index in [9.17, 15) is 13.2 Å². The summed E-state index contributed by atoms with van der Waals surface area (Å²) < 4.78 is 30.8. The third-order valence-electron chi connectivity index (χ3n) is 3.62. The number of rotatable bonds is 8. The summed E-state index contributed by atoms with van der Waals surface area (Å²) in [4.78, 5) is 13.9. The van der Waals surface area contributed by atoms with E-state index in [2.05, 4.69) is 4.72 Å². The van der Waals surface area contributed by atoms with Crippen LogP contribution in [0.5, 0.6) is 0 Å². The van der Waals surface area contributed by atoms with E-state index in [1.54, 1.807) is 11.8 Å². The van der Waals surface area contributed by atoms with Crippen molar-refractivity contribution in [2.45, 2.75) is 45.2 Å². The molecule has 1 fully saturated rings. The highest BCUT2D eigenvalue weighted by atomic mass is 32.2. The van der Waals surface area contributed by atoms with Crippen LogP contribution in [0, 0.1) is 0 Å². The van der Waals surface area contributed by atoms with E-state index < -0.39 is 10.0 Å². The molecule has 0 spiro atoms. The van der Waals surface area contributed by atoms with E-state index in [-0.39, 0.29) is 36.9 Å². The van der Waals surface area contributed by atoms with E-state index in [1.807, 2.05) is 6.92 Å². The molecule has 2 atom stereocenters. The maximum atomic E-state index is 12.2. The van der Waals surface area contributed by atoms with Crippen molar-refractivity contribution in [3.05, 3.63) is 0 Å². The van der Waals surface area contributed by atoms with Gasteiger partial charge in [-0.2, -0.15) is 0 Å². The first kappa shape index (κ1) is 18.3. The molecule has 0 aromatic rings. The molecule has 0 saturated carbocycles. The van der Waals surface area contributed by atoms with E-state index in [4.69, 9.17) is 10.5 Å². The van der Waals surface area contributed by atoms with Gasteiger partial charge in [0.05, 0.1) is 18.9 Å². The molecule has 0 bridgehead atoms. The van der Waals surface area contributed by atoms with Crippen LogP contribution in [0.3, 0.4) is 0 Å². The average Bonchev–Trinajstić information content (AvgIpc) is 2.45. The second-order valence-electron chi connectivity index (χ2n) is 5.35. The van der Waals surface area contributed by atoms with Crippen molar-refractivity contribution in [3.8, 4) is 0 Å². The van der Waals surface area contributed by atoms with Crippen molar-refractivity contribution >= 4 is 15.9 Å². The van der Waals surface area contributed by atoms with E-state index in [1.165, 1.54) is 0 Å². The summed E-state index contributed by atoms with van der Waals surface area (Å²) in [6.45, 7) is 4.71. The van der Waals surface area contributed by atoms with Gasteiger partial charge in [-0.15, -0.1) is 0 Å². The molecule has 0 aliphatic carbocycles. The number of amides is 1. The zero-order valence-corrected chi connectivity index (χ0v) is 13.7. The molecule has 2 unspecified atom stereocenters. The molecule has 3 N–H and O–H groups in total. The molecule has 1 aliphatic heterocycles. The normalized spacial score (nSPS) is 21.3. The van der Waals surface area contributed by atoms with Crippen LogP contribution in [-0.2, 0) is 19.6 Å². The number of likely N-dealkylation sites (tertiary alicyclic amines) is 1. The summed E-state index contributed by atoms with van der Waals surface area (Å²) in [5.41, 5.74) is 5.91. The van der Waals surface area contributed by atoms with Crippen LogP contribution in [-0.4, -0.2) is 63.4 Å². The fraction of sp³-hybridized carbons (Fsp3) is 0.923. The van der Waals surface area contributed by atoms with Crippen LogP contribution in [0.2, 0.25) is 0 Å². The predicted octanol–water partition coefficient (Wildman–Crippen LogP) is -0.329. The lowest BCUT2D eigenvalue weighted by Gasteiger charge is -2.38. The average molecular weight is 321 g/mol. The minimum atomic E-state index is -3.48. The fourth-order valence-corrected chi connectivity index (χ4v) is 3.30. The molecule has 1 amide bonds. The Morgan fingerprint density at radius 3 is 2.81 bits per heavy atom. The van der Waals surface area contributed by atoms with Crippen LogP contribution in [0.15, 0.2) is 0 Å². The highest BCUT2D eigenvalue weighted by Gasteiger charge is 2.29. The minimum Gasteiger partial charge on any atom is -0.381 e. The monoisotopic (exact) mass is 321 g/mol. The lowest BCUT2D eigenvalue weighted by molar-refractivity contribution is -0.134. The minimum absolute atomic E-state index is 0.000760. The summed E-state index contributed by atoms with van der Waals surface area (Å²) in [5, 5.41) is 0. The summed E-state index contributed by atoms with van der Waals surface area (Å²) in [5.74, 6) is -0.345. The Bertz CT molecular complexity index is 425. The Labute approximate surface area is 127 Å². The van der Waals surface area contributed by atoms with Crippen LogP contribution in [0.1, 0.15) is 33.1 Å². The van der Waals surface area contributed by atoms with Gasteiger partial charge in [0.1, 0.15) is 0 Å². The molecule has 0 aromatic heterocycles. The maximum Gasteiger partial charge on any atom is 0.237 e. The van der Waals surface area contributed by atoms with Crippen molar-refractivity contribution in [1.82, 2.24) is 9.62 Å². The molecule has 1 aliphatic rings. The first-order valence-electron chi connectivity index (χ1n) is 7.47. The highest BCUT2D eigenvalue weighted by molar-refractivity contribution is 7.89. The highest BCUT2D eigenvalue weighted by Crippen LogP contribution is 2.18. The van der Waals surface area contributed by atoms with Gasteiger partial charge in [0.15, 0.2) is 0 Å². The fourth-order valence-electron chi connectivity index (χ4n) is 2.47. The van der Waals surface area contributed by atoms with Crippen molar-refractivity contribution in [2.24, 2.45) is 5.73 Å². The maximum absolute atomic E-state index is 12.2. The largest absolute Gasteiger partial charge is 0.381 e. The number of piperidine rings is 1. The zero-order valence-electron chi connectivity index (χ0n) is 12.9. The van der Waals surface area contributed by atoms with Gasteiger partial charge >= 0.3 is 0 Å². The number of carbonyl (C=O) groups excluding carboxylic acids is 1. The van der Waals surface area contributed by atoms with Gasteiger partial charge in [0.25, 0.3) is 0 Å². The molecular weight excluding hydrogens is 294 g/mol. The van der Waals surface area contributed by atoms with Gasteiger partial charge in [-0.25, -0.2) is 13.1 Å². The Kier molecular flexibility index (Phi) is 7.58. The topological polar surface area (TPSA) is 102 Å². The van der Waals surface area contributed by atoms with Crippen molar-refractivity contribution in [1.29, 1.82) is 0 Å². The second kappa shape index (κ2) is 8.67. The summed E-state index contributed by atoms with van der Waals surface area (Å²) >= 11 is 0. The van der Waals surface area contributed by atoms with Gasteiger partial charge in [-0.3, -0.25) is 4.79 Å². The van der Waals surface area contributed by atoms with Crippen molar-refractivity contribution in [2.75, 3.05) is 32.1 Å². The van der Waals surface area contributed by atoms with E-state index in [0.717, 1.165) is 19.3 Å². The molecule has 0 aromatic carbocycles. The summed E-state index contributed by atoms with van der Waals surface area (Å²) in [6, 6.07) is -0.108. The van der Waals surface area contributed by atoms with Crippen LogP contribution in [0.25, 0.3) is 0 Å². The second-order valence-corrected chi connectivity index (χ2v) is 7.27. The van der Waals surface area contributed by atoms with Crippen molar-refractivity contribution in [3.63, 3.8) is 0 Å². The Morgan fingerprint density at radius 1 is 1.48 bits per heavy atom. The number of carbonyl (C=O) groups is 1. The number of nitrogens with one attached hydrogen (secondary N) is 1. The predicted molar refractivity (Wildman–Crippen MR) is 81.3 cm³/mol. The lowest BCUT2D eigenvalue weighted by atomic mass is 9.97. The molecule has 1 saturated heterocycles. The SMILES string of the molecule is CCOCCS(=O)(=O)NCC(=O)N1CCCCC1C(C)N. The number of nitrogens with zero attached hydrogens (tertiary/aromatic N) is 1. The molecule has 1 heterocycles. The number of hydrogen-bond acceptors (Lipinski definition) is 5. The van der Waals surface area contributed by atoms with Crippen LogP contribution in [0.4, 0.5) is 0 Å². The smallest absolute Gasteiger partial charge is 0.237 e. The number of ether oxygens (including phenoxy) is 1. The van der Waals surface area contributed by atoms with Crippen LogP contribution >= 0.6 is 0 Å². The first-order valence-corrected chi connectivity index (χ1v) is 9.12. The zero-order chi connectivity index (χ0) is 15.9. The van der Waals surface area contributed by atoms with Crippen LogP contribution < -0.4 is 10.5 Å². The summed E-state index contributed by atoms with van der Waals surface area (Å²) in [7, 11) is -3.48. The number of hydrogen-bond donors (Lipinski definition) is 2. The molecule has 21 heavy (non-hydrogen) atoms. The Morgan fingerprint density at radius 2 is 2.19 bits per heavy atom. The lowest BCUT2D eigenvalue weighted by Crippen LogP contribution is -2.54. The van der Waals surface area contributed by atoms with Gasteiger partial charge in [-0.1, -0.05) is 0 Å². The Balaban J connectivity index is 2.48. The molecular formula is C13H27N3O4S. The third-order valence-corrected chi connectivity index (χ3v) is 4.91. The van der Waals surface area contributed by atoms with Gasteiger partial charge in [-0.05, 0) is 33.1 Å². The third kappa shape index (κ3) is 6.29. The first-order chi connectivity index (χ1) is 9.87. The van der Waals surface area contributed by atoms with Gasteiger partial charge < -0.3 is 15.4 Å². The quantitative estimate of drug-likeness (QED) is 0.596. The molecule has 124 valence electrons. The molecule has 7 nitrogen and oxygen atoms in total. The van der Waals surface area contributed by atoms with E-state index in [0.29, 0.717) is 13.2 Å². The number of sulfonamides is 1. The van der Waals surface area contributed by atoms with Gasteiger partial charge in [0.2, 0.25) is 15.9 Å². The van der Waals surface area contributed by atoms with E-state index >= 15 is 0 Å². The van der Waals surface area contributed by atoms with Gasteiger partial charge in [0, 0.05) is 25.2 Å². The number of nitrogens with two attached hydrogens (primary N) is 1. The standard InChI is InChI=1S/C13H27N3O4S/c1-3-20-8-9-21(18,19)15-10-13(17)16-7-5-4-6-12(16)11(2)14/h11-12,15H,3-10,14H2,1-2H3. The van der Waals surface area contributed by atoms with Crippen molar-refractivity contribution < 1.29 is 17.9 Å². The summed E-state index contributed by atoms with van der Waals surface area (Å²) in [6.07, 6.45) is 2.86. The Hall–Kier alpha value is -0.700. The molecule has 8 heteroatoms. The molecule has 0 radical (unpaired) electrons.